The summed E-state index contributed by atoms with van der Waals surface area (Å²) in [6, 6.07) is 0. The molecule has 0 bridgehead atoms. The van der Waals surface area contributed by atoms with Gasteiger partial charge in [-0.25, -0.2) is 4.39 Å². The van der Waals surface area contributed by atoms with E-state index in [1.54, 1.807) is 0 Å². The summed E-state index contributed by atoms with van der Waals surface area (Å²) >= 11 is 0. The Bertz CT molecular complexity index is 164. The van der Waals surface area contributed by atoms with Gasteiger partial charge in [0.05, 0.1) is 11.2 Å². The summed E-state index contributed by atoms with van der Waals surface area (Å²) in [5.41, 5.74) is -0.312. The first-order valence-corrected chi connectivity index (χ1v) is 4.83. The fraction of sp³-hybridized carbons (Fsp3) is 1.00. The van der Waals surface area contributed by atoms with Crippen molar-refractivity contribution in [3.8, 4) is 0 Å². The van der Waals surface area contributed by atoms with E-state index in [9.17, 15) is 4.39 Å². The molecule has 0 atom stereocenters. The molecule has 0 radical (unpaired) electrons. The molecule has 0 aromatic heterocycles. The molecule has 1 aliphatic heterocycles. The van der Waals surface area contributed by atoms with E-state index in [0.29, 0.717) is 6.54 Å². The van der Waals surface area contributed by atoms with Crippen LogP contribution in [0.2, 0.25) is 0 Å². The molecule has 1 rings (SSSR count). The predicted octanol–water partition coefficient (Wildman–Crippen LogP) is 1.85. The second-order valence-electron chi connectivity index (χ2n) is 5.02. The Morgan fingerprint density at radius 3 is 2.00 bits per heavy atom. The Hall–Kier alpha value is -0.150. The quantitative estimate of drug-likeness (QED) is 0.657. The molecule has 1 saturated heterocycles. The molecule has 0 aliphatic carbocycles. The smallest absolute Gasteiger partial charge is 0.102 e. The van der Waals surface area contributed by atoms with Gasteiger partial charge in [0, 0.05) is 19.6 Å². The molecule has 78 valence electrons. The highest BCUT2D eigenvalue weighted by atomic mass is 19.1. The molecule has 1 heterocycles. The highest BCUT2D eigenvalue weighted by Crippen LogP contribution is 2.27. The summed E-state index contributed by atoms with van der Waals surface area (Å²) in [6.07, 6.45) is 0. The molecule has 1 fully saturated rings. The van der Waals surface area contributed by atoms with Crippen LogP contribution in [0.1, 0.15) is 27.7 Å². The van der Waals surface area contributed by atoms with Gasteiger partial charge in [-0.05, 0) is 27.7 Å². The van der Waals surface area contributed by atoms with Crippen LogP contribution < -0.4 is 0 Å². The van der Waals surface area contributed by atoms with Crippen LogP contribution >= 0.6 is 0 Å². The maximum Gasteiger partial charge on any atom is 0.102 e. The summed E-state index contributed by atoms with van der Waals surface area (Å²) in [7, 11) is 0. The molecule has 0 unspecified atom stereocenters. The molecular weight excluding hydrogens is 169 g/mol. The molecule has 3 heteroatoms. The van der Waals surface area contributed by atoms with Crippen LogP contribution in [0.5, 0.6) is 0 Å². The molecule has 0 spiro atoms. The second-order valence-corrected chi connectivity index (χ2v) is 5.02. The Kier molecular flexibility index (Phi) is 2.98. The minimum Gasteiger partial charge on any atom is -0.367 e. The molecule has 13 heavy (non-hydrogen) atoms. The van der Waals surface area contributed by atoms with E-state index in [4.69, 9.17) is 4.74 Å². The van der Waals surface area contributed by atoms with Gasteiger partial charge in [-0.3, -0.25) is 4.90 Å². The fourth-order valence-electron chi connectivity index (χ4n) is 2.22. The van der Waals surface area contributed by atoms with Crippen LogP contribution in [-0.4, -0.2) is 42.4 Å². The van der Waals surface area contributed by atoms with E-state index >= 15 is 0 Å². The first-order valence-electron chi connectivity index (χ1n) is 4.83. The SMILES string of the molecule is CC1(C)CN(CCF)CC(C)(C)O1. The van der Waals surface area contributed by atoms with Crippen LogP contribution in [0.15, 0.2) is 0 Å². The maximum atomic E-state index is 12.2. The van der Waals surface area contributed by atoms with Gasteiger partial charge in [0.25, 0.3) is 0 Å². The molecule has 0 aromatic carbocycles. The molecule has 0 aromatic rings. The van der Waals surface area contributed by atoms with E-state index in [2.05, 4.69) is 32.6 Å². The summed E-state index contributed by atoms with van der Waals surface area (Å²) in [5, 5.41) is 0. The highest BCUT2D eigenvalue weighted by Gasteiger charge is 2.37. The summed E-state index contributed by atoms with van der Waals surface area (Å²) in [6.45, 7) is 10.1. The van der Waals surface area contributed by atoms with Gasteiger partial charge in [-0.2, -0.15) is 0 Å². The van der Waals surface area contributed by atoms with Gasteiger partial charge in [0.15, 0.2) is 0 Å². The monoisotopic (exact) mass is 189 g/mol. The molecule has 0 saturated carbocycles. The minimum atomic E-state index is -0.272. The number of ether oxygens (including phenoxy) is 1. The topological polar surface area (TPSA) is 12.5 Å². The van der Waals surface area contributed by atoms with Crippen molar-refractivity contribution in [1.29, 1.82) is 0 Å². The van der Waals surface area contributed by atoms with Crippen molar-refractivity contribution in [3.63, 3.8) is 0 Å². The van der Waals surface area contributed by atoms with E-state index in [0.717, 1.165) is 13.1 Å². The zero-order valence-electron chi connectivity index (χ0n) is 9.06. The summed E-state index contributed by atoms with van der Waals surface area (Å²) in [4.78, 5) is 2.13. The fourth-order valence-corrected chi connectivity index (χ4v) is 2.22. The average Bonchev–Trinajstić information content (AvgIpc) is 1.78. The van der Waals surface area contributed by atoms with Gasteiger partial charge >= 0.3 is 0 Å². The van der Waals surface area contributed by atoms with Crippen molar-refractivity contribution in [2.45, 2.75) is 38.9 Å². The third kappa shape index (κ3) is 3.24. The van der Waals surface area contributed by atoms with Gasteiger partial charge in [0.2, 0.25) is 0 Å². The zero-order valence-corrected chi connectivity index (χ0v) is 9.06. The van der Waals surface area contributed by atoms with Crippen molar-refractivity contribution < 1.29 is 9.13 Å². The third-order valence-corrected chi connectivity index (χ3v) is 2.16. The Labute approximate surface area is 80.1 Å². The van der Waals surface area contributed by atoms with E-state index in [1.165, 1.54) is 0 Å². The summed E-state index contributed by atoms with van der Waals surface area (Å²) < 4.78 is 18.1. The van der Waals surface area contributed by atoms with Crippen LogP contribution in [0.3, 0.4) is 0 Å². The van der Waals surface area contributed by atoms with Gasteiger partial charge in [-0.15, -0.1) is 0 Å². The predicted molar refractivity (Wildman–Crippen MR) is 51.7 cm³/mol. The third-order valence-electron chi connectivity index (χ3n) is 2.16. The van der Waals surface area contributed by atoms with Gasteiger partial charge in [0.1, 0.15) is 6.67 Å². The number of alkyl halides is 1. The van der Waals surface area contributed by atoms with Crippen molar-refractivity contribution >= 4 is 0 Å². The number of rotatable bonds is 2. The van der Waals surface area contributed by atoms with Gasteiger partial charge in [-0.1, -0.05) is 0 Å². The van der Waals surface area contributed by atoms with E-state index < -0.39 is 0 Å². The number of nitrogens with zero attached hydrogens (tertiary/aromatic N) is 1. The zero-order chi connectivity index (χ0) is 10.1. The molecule has 0 N–H and O–H groups in total. The number of hydrogen-bond acceptors (Lipinski definition) is 2. The lowest BCUT2D eigenvalue weighted by molar-refractivity contribution is -0.180. The van der Waals surface area contributed by atoms with Crippen molar-refractivity contribution in [2.24, 2.45) is 0 Å². The Morgan fingerprint density at radius 1 is 1.15 bits per heavy atom. The van der Waals surface area contributed by atoms with Gasteiger partial charge < -0.3 is 4.74 Å². The van der Waals surface area contributed by atoms with Crippen molar-refractivity contribution in [1.82, 2.24) is 4.90 Å². The molecular formula is C10H20FNO. The molecule has 1 aliphatic rings. The first kappa shape index (κ1) is 10.9. The average molecular weight is 189 g/mol. The Morgan fingerprint density at radius 2 is 1.62 bits per heavy atom. The molecule has 0 amide bonds. The van der Waals surface area contributed by atoms with Crippen LogP contribution in [0.4, 0.5) is 4.39 Å². The first-order chi connectivity index (χ1) is 5.85. The molecule has 2 nitrogen and oxygen atoms in total. The van der Waals surface area contributed by atoms with Crippen LogP contribution in [0.25, 0.3) is 0 Å². The number of hydrogen-bond donors (Lipinski definition) is 0. The highest BCUT2D eigenvalue weighted by molar-refractivity contribution is 4.88. The minimum absolute atomic E-state index is 0.156. The largest absolute Gasteiger partial charge is 0.367 e. The standard InChI is InChI=1S/C10H20FNO/c1-9(2)7-12(6-5-11)8-10(3,4)13-9/h5-8H2,1-4H3. The lowest BCUT2D eigenvalue weighted by Gasteiger charge is -2.47. The Balaban J connectivity index is 2.61. The lowest BCUT2D eigenvalue weighted by Crippen LogP contribution is -2.57. The number of morpholine rings is 1. The number of halogens is 1. The van der Waals surface area contributed by atoms with Crippen LogP contribution in [0, 0.1) is 0 Å². The normalized spacial score (nSPS) is 27.5. The van der Waals surface area contributed by atoms with E-state index in [-0.39, 0.29) is 17.9 Å². The van der Waals surface area contributed by atoms with Crippen molar-refractivity contribution in [3.05, 3.63) is 0 Å². The van der Waals surface area contributed by atoms with Crippen LogP contribution in [-0.2, 0) is 4.74 Å². The van der Waals surface area contributed by atoms with Crippen molar-refractivity contribution in [2.75, 3.05) is 26.3 Å². The second kappa shape index (κ2) is 3.54. The summed E-state index contributed by atoms with van der Waals surface area (Å²) in [5.74, 6) is 0. The maximum absolute atomic E-state index is 12.2. The lowest BCUT2D eigenvalue weighted by atomic mass is 9.99. The van der Waals surface area contributed by atoms with E-state index in [1.807, 2.05) is 0 Å².